The summed E-state index contributed by atoms with van der Waals surface area (Å²) in [4.78, 5) is 31.8. The topological polar surface area (TPSA) is 79.6 Å². The third-order valence-corrected chi connectivity index (χ3v) is 5.77. The maximum absolute atomic E-state index is 12.0. The summed E-state index contributed by atoms with van der Waals surface area (Å²) in [5, 5.41) is 12.3. The minimum absolute atomic E-state index is 0.144. The molecule has 0 bridgehead atoms. The molecule has 27 heavy (non-hydrogen) atoms. The van der Waals surface area contributed by atoms with Gasteiger partial charge in [-0.25, -0.2) is 0 Å². The average Bonchev–Trinajstić information content (AvgIpc) is 2.69. The van der Waals surface area contributed by atoms with Crippen LogP contribution in [-0.2, 0) is 4.79 Å². The Balaban J connectivity index is 1.49. The third kappa shape index (κ3) is 3.59. The molecule has 0 unspecified atom stereocenters. The van der Waals surface area contributed by atoms with Crippen molar-refractivity contribution in [1.29, 1.82) is 0 Å². The van der Waals surface area contributed by atoms with Gasteiger partial charge in [0.25, 0.3) is 0 Å². The van der Waals surface area contributed by atoms with Gasteiger partial charge in [0.2, 0.25) is 5.91 Å². The minimum atomic E-state index is -0.294. The molecule has 2 aromatic rings. The number of hydrogen-bond donors (Lipinski definition) is 0. The van der Waals surface area contributed by atoms with Gasteiger partial charge in [0.05, 0.1) is 15.8 Å². The first-order valence-corrected chi connectivity index (χ1v) is 9.68. The molecule has 2 aliphatic rings. The molecular formula is C20H24N4O3. The molecule has 0 aliphatic carbocycles. The third-order valence-electron chi connectivity index (χ3n) is 5.77. The molecule has 7 nitrogen and oxygen atoms in total. The Kier molecular flexibility index (Phi) is 4.92. The van der Waals surface area contributed by atoms with Crippen molar-refractivity contribution in [2.45, 2.75) is 32.1 Å². The molecule has 142 valence electrons. The number of pyridine rings is 1. The SMILES string of the molecule is O=C1CCCCN1CC1CCN(c2ccc3ncccc3c2[N+](=O)[O-])CC1. The van der Waals surface area contributed by atoms with Crippen LogP contribution in [0.5, 0.6) is 0 Å². The second-order valence-corrected chi connectivity index (χ2v) is 7.49. The van der Waals surface area contributed by atoms with Gasteiger partial charge < -0.3 is 9.80 Å². The first-order chi connectivity index (χ1) is 13.1. The van der Waals surface area contributed by atoms with E-state index in [1.165, 1.54) is 0 Å². The lowest BCUT2D eigenvalue weighted by molar-refractivity contribution is -0.382. The van der Waals surface area contributed by atoms with Crippen molar-refractivity contribution >= 4 is 28.2 Å². The molecule has 0 N–H and O–H groups in total. The van der Waals surface area contributed by atoms with Gasteiger partial charge in [0.1, 0.15) is 5.69 Å². The Hall–Kier alpha value is -2.70. The van der Waals surface area contributed by atoms with Crippen LogP contribution in [0, 0.1) is 16.0 Å². The minimum Gasteiger partial charge on any atom is -0.366 e. The predicted octanol–water partition coefficient (Wildman–Crippen LogP) is 3.37. The van der Waals surface area contributed by atoms with Crippen molar-refractivity contribution in [3.8, 4) is 0 Å². The summed E-state index contributed by atoms with van der Waals surface area (Å²) in [7, 11) is 0. The lowest BCUT2D eigenvalue weighted by Gasteiger charge is -2.37. The van der Waals surface area contributed by atoms with E-state index in [9.17, 15) is 14.9 Å². The Morgan fingerprint density at radius 1 is 1.15 bits per heavy atom. The van der Waals surface area contributed by atoms with Crippen molar-refractivity contribution in [1.82, 2.24) is 9.88 Å². The fraction of sp³-hybridized carbons (Fsp3) is 0.500. The fourth-order valence-electron chi connectivity index (χ4n) is 4.30. The highest BCUT2D eigenvalue weighted by Gasteiger charge is 2.29. The number of fused-ring (bicyclic) bond motifs is 1. The smallest absolute Gasteiger partial charge is 0.301 e. The van der Waals surface area contributed by atoms with Gasteiger partial charge in [-0.1, -0.05) is 0 Å². The van der Waals surface area contributed by atoms with Crippen molar-refractivity contribution in [3.63, 3.8) is 0 Å². The number of hydrogen-bond acceptors (Lipinski definition) is 5. The molecule has 2 aliphatic heterocycles. The number of carbonyl (C=O) groups excluding carboxylic acids is 1. The number of aromatic nitrogens is 1. The normalized spacial score (nSPS) is 18.9. The fourth-order valence-corrected chi connectivity index (χ4v) is 4.30. The number of likely N-dealkylation sites (tertiary alicyclic amines) is 1. The maximum atomic E-state index is 12.0. The number of anilines is 1. The number of nitrogens with zero attached hydrogens (tertiary/aromatic N) is 4. The van der Waals surface area contributed by atoms with Crippen molar-refractivity contribution < 1.29 is 9.72 Å². The van der Waals surface area contributed by atoms with Crippen LogP contribution >= 0.6 is 0 Å². The van der Waals surface area contributed by atoms with Crippen molar-refractivity contribution in [3.05, 3.63) is 40.6 Å². The van der Waals surface area contributed by atoms with Crippen molar-refractivity contribution in [2.75, 3.05) is 31.1 Å². The Morgan fingerprint density at radius 3 is 2.70 bits per heavy atom. The predicted molar refractivity (Wildman–Crippen MR) is 104 cm³/mol. The molecule has 2 fully saturated rings. The second-order valence-electron chi connectivity index (χ2n) is 7.49. The van der Waals surface area contributed by atoms with E-state index in [0.717, 1.165) is 51.9 Å². The van der Waals surface area contributed by atoms with E-state index in [-0.39, 0.29) is 16.5 Å². The Bertz CT molecular complexity index is 861. The molecule has 7 heteroatoms. The first-order valence-electron chi connectivity index (χ1n) is 9.68. The number of rotatable bonds is 4. The average molecular weight is 368 g/mol. The van der Waals surface area contributed by atoms with Crippen molar-refractivity contribution in [2.24, 2.45) is 5.92 Å². The Labute approximate surface area is 158 Å². The van der Waals surface area contributed by atoms with Crippen LogP contribution in [0.15, 0.2) is 30.5 Å². The highest BCUT2D eigenvalue weighted by Crippen LogP contribution is 2.37. The highest BCUT2D eigenvalue weighted by atomic mass is 16.6. The summed E-state index contributed by atoms with van der Waals surface area (Å²) >= 11 is 0. The summed E-state index contributed by atoms with van der Waals surface area (Å²) in [6.45, 7) is 3.26. The van der Waals surface area contributed by atoms with Crippen LogP contribution in [0.3, 0.4) is 0 Å². The summed E-state index contributed by atoms with van der Waals surface area (Å²) in [5.41, 5.74) is 1.46. The maximum Gasteiger partial charge on any atom is 0.301 e. The van der Waals surface area contributed by atoms with Gasteiger partial charge in [-0.2, -0.15) is 0 Å². The van der Waals surface area contributed by atoms with Crippen LogP contribution in [-0.4, -0.2) is 46.9 Å². The number of benzene rings is 1. The molecule has 0 atom stereocenters. The summed E-state index contributed by atoms with van der Waals surface area (Å²) in [5.74, 6) is 0.755. The molecule has 4 rings (SSSR count). The molecule has 0 saturated carbocycles. The Morgan fingerprint density at radius 2 is 1.96 bits per heavy atom. The van der Waals surface area contributed by atoms with E-state index >= 15 is 0 Å². The molecule has 2 saturated heterocycles. The van der Waals surface area contributed by atoms with Crippen LogP contribution in [0.1, 0.15) is 32.1 Å². The van der Waals surface area contributed by atoms with Gasteiger partial charge in [-0.3, -0.25) is 19.9 Å². The zero-order valence-electron chi connectivity index (χ0n) is 15.3. The van der Waals surface area contributed by atoms with Crippen LogP contribution in [0.25, 0.3) is 10.9 Å². The molecular weight excluding hydrogens is 344 g/mol. The van der Waals surface area contributed by atoms with Crippen LogP contribution < -0.4 is 4.90 Å². The van der Waals surface area contributed by atoms with E-state index in [1.54, 1.807) is 18.3 Å². The monoisotopic (exact) mass is 368 g/mol. The van der Waals surface area contributed by atoms with E-state index in [4.69, 9.17) is 0 Å². The first kappa shape index (κ1) is 17.7. The largest absolute Gasteiger partial charge is 0.366 e. The zero-order chi connectivity index (χ0) is 18.8. The highest BCUT2D eigenvalue weighted by molar-refractivity contribution is 5.94. The molecule has 0 spiro atoms. The van der Waals surface area contributed by atoms with E-state index in [1.807, 2.05) is 17.0 Å². The molecule has 1 aromatic carbocycles. The summed E-state index contributed by atoms with van der Waals surface area (Å²) in [6.07, 6.45) is 6.34. The van der Waals surface area contributed by atoms with Gasteiger partial charge in [-0.05, 0) is 55.9 Å². The summed E-state index contributed by atoms with van der Waals surface area (Å²) < 4.78 is 0. The molecule has 0 radical (unpaired) electrons. The number of nitro groups is 1. The lowest BCUT2D eigenvalue weighted by atomic mass is 9.94. The standard InChI is InChI=1S/C20H24N4O3/c25-19-5-1-2-11-23(19)14-15-8-12-22(13-9-15)18-7-6-17-16(4-3-10-21-17)20(18)24(26)27/h3-4,6-7,10,15H,1-2,5,8-9,11-14H2. The van der Waals surface area contributed by atoms with E-state index in [2.05, 4.69) is 9.88 Å². The molecule has 1 aromatic heterocycles. The van der Waals surface area contributed by atoms with Gasteiger partial charge in [0, 0.05) is 38.8 Å². The number of piperidine rings is 2. The van der Waals surface area contributed by atoms with E-state index < -0.39 is 0 Å². The number of amides is 1. The molecule has 1 amide bonds. The summed E-state index contributed by atoms with van der Waals surface area (Å²) in [6, 6.07) is 7.18. The second kappa shape index (κ2) is 7.50. The van der Waals surface area contributed by atoms with E-state index in [0.29, 0.717) is 28.9 Å². The van der Waals surface area contributed by atoms with Gasteiger partial charge >= 0.3 is 5.69 Å². The quantitative estimate of drug-likeness (QED) is 0.611. The zero-order valence-corrected chi connectivity index (χ0v) is 15.3. The van der Waals surface area contributed by atoms with Crippen LogP contribution in [0.2, 0.25) is 0 Å². The lowest BCUT2D eigenvalue weighted by Crippen LogP contribution is -2.42. The van der Waals surface area contributed by atoms with Gasteiger partial charge in [-0.15, -0.1) is 0 Å². The molecule has 3 heterocycles. The number of nitro benzene ring substituents is 1. The van der Waals surface area contributed by atoms with Gasteiger partial charge in [0.15, 0.2) is 0 Å². The number of carbonyl (C=O) groups is 1. The van der Waals surface area contributed by atoms with Crippen LogP contribution in [0.4, 0.5) is 11.4 Å².